The molecule has 6 heteroatoms. The maximum atomic E-state index is 12.2. The minimum Gasteiger partial charge on any atom is -0.507 e. The molecule has 0 aliphatic heterocycles. The molecule has 1 heterocycles. The van der Waals surface area contributed by atoms with Crippen LogP contribution in [0.25, 0.3) is 22.3 Å². The number of hydrogen-bond donors (Lipinski definition) is 2. The van der Waals surface area contributed by atoms with Gasteiger partial charge >= 0.3 is 0 Å². The van der Waals surface area contributed by atoms with E-state index in [-0.39, 0.29) is 33.7 Å². The van der Waals surface area contributed by atoms with Crippen molar-refractivity contribution >= 4 is 11.0 Å². The van der Waals surface area contributed by atoms with Crippen LogP contribution in [0.5, 0.6) is 17.2 Å². The summed E-state index contributed by atoms with van der Waals surface area (Å²) in [5, 5.41) is 19.6. The van der Waals surface area contributed by atoms with Crippen molar-refractivity contribution in [1.29, 1.82) is 0 Å². The van der Waals surface area contributed by atoms with Crippen molar-refractivity contribution in [3.8, 4) is 28.6 Å². The van der Waals surface area contributed by atoms with Gasteiger partial charge in [-0.05, 0) is 0 Å². The largest absolute Gasteiger partial charge is 0.507 e. The molecule has 0 aliphatic carbocycles. The number of benzene rings is 2. The van der Waals surface area contributed by atoms with Crippen LogP contribution in [0.3, 0.4) is 0 Å². The van der Waals surface area contributed by atoms with E-state index in [1.54, 1.807) is 12.1 Å². The van der Waals surface area contributed by atoms with Crippen molar-refractivity contribution in [2.45, 2.75) is 0 Å². The topological polar surface area (TPSA) is 111 Å². The van der Waals surface area contributed by atoms with Gasteiger partial charge in [0.1, 0.15) is 16.9 Å². The number of fused-ring (bicyclic) bond motifs is 1. The van der Waals surface area contributed by atoms with Crippen molar-refractivity contribution in [2.24, 2.45) is 0 Å². The summed E-state index contributed by atoms with van der Waals surface area (Å²) in [7, 11) is 1.35. The van der Waals surface area contributed by atoms with Crippen LogP contribution in [-0.4, -0.2) is 22.8 Å². The SMILES string of the molecule is COc1c(O)cc(O)c2c(=O)cc(-c3ccccc3)oc12.O. The van der Waals surface area contributed by atoms with Crippen LogP contribution in [0.2, 0.25) is 0 Å². The number of hydrogen-bond acceptors (Lipinski definition) is 5. The molecule has 22 heavy (non-hydrogen) atoms. The van der Waals surface area contributed by atoms with Gasteiger partial charge < -0.3 is 24.8 Å². The molecule has 114 valence electrons. The monoisotopic (exact) mass is 302 g/mol. The van der Waals surface area contributed by atoms with Gasteiger partial charge in [-0.3, -0.25) is 4.79 Å². The molecule has 0 radical (unpaired) electrons. The van der Waals surface area contributed by atoms with Crippen molar-refractivity contribution in [1.82, 2.24) is 0 Å². The zero-order valence-corrected chi connectivity index (χ0v) is 11.7. The maximum absolute atomic E-state index is 12.2. The lowest BCUT2D eigenvalue weighted by atomic mass is 10.1. The fraction of sp³-hybridized carbons (Fsp3) is 0.0625. The third-order valence-corrected chi connectivity index (χ3v) is 3.18. The van der Waals surface area contributed by atoms with Crippen LogP contribution in [0.15, 0.2) is 51.7 Å². The molecule has 0 unspecified atom stereocenters. The number of methoxy groups -OCH3 is 1. The van der Waals surface area contributed by atoms with E-state index in [9.17, 15) is 15.0 Å². The predicted octanol–water partition coefficient (Wildman–Crippen LogP) is 2.06. The second-order valence-electron chi connectivity index (χ2n) is 4.49. The number of phenolic OH excluding ortho intramolecular Hbond substituents is 2. The smallest absolute Gasteiger partial charge is 0.204 e. The van der Waals surface area contributed by atoms with Crippen LogP contribution >= 0.6 is 0 Å². The van der Waals surface area contributed by atoms with Crippen LogP contribution in [0.1, 0.15) is 0 Å². The molecule has 1 aromatic heterocycles. The van der Waals surface area contributed by atoms with E-state index in [0.29, 0.717) is 11.3 Å². The molecule has 0 amide bonds. The van der Waals surface area contributed by atoms with E-state index in [4.69, 9.17) is 9.15 Å². The molecule has 3 aromatic rings. The first kappa shape index (κ1) is 15.4. The van der Waals surface area contributed by atoms with E-state index < -0.39 is 5.43 Å². The molecule has 6 nitrogen and oxygen atoms in total. The first-order chi connectivity index (χ1) is 10.1. The van der Waals surface area contributed by atoms with Crippen molar-refractivity contribution < 1.29 is 24.8 Å². The average molecular weight is 302 g/mol. The van der Waals surface area contributed by atoms with E-state index in [2.05, 4.69) is 0 Å². The second-order valence-corrected chi connectivity index (χ2v) is 4.49. The van der Waals surface area contributed by atoms with E-state index >= 15 is 0 Å². The fourth-order valence-electron chi connectivity index (χ4n) is 2.22. The van der Waals surface area contributed by atoms with E-state index in [1.807, 2.05) is 18.2 Å². The average Bonchev–Trinajstić information content (AvgIpc) is 2.47. The summed E-state index contributed by atoms with van der Waals surface area (Å²) in [4.78, 5) is 12.2. The number of rotatable bonds is 2. The first-order valence-corrected chi connectivity index (χ1v) is 6.24. The third-order valence-electron chi connectivity index (χ3n) is 3.18. The fourth-order valence-corrected chi connectivity index (χ4v) is 2.22. The van der Waals surface area contributed by atoms with Gasteiger partial charge in [-0.1, -0.05) is 30.3 Å². The Morgan fingerprint density at radius 3 is 2.36 bits per heavy atom. The second kappa shape index (κ2) is 5.79. The Morgan fingerprint density at radius 2 is 1.73 bits per heavy atom. The number of ether oxygens (including phenoxy) is 1. The molecule has 0 aliphatic rings. The van der Waals surface area contributed by atoms with E-state index in [1.165, 1.54) is 13.2 Å². The van der Waals surface area contributed by atoms with Crippen LogP contribution in [0.4, 0.5) is 0 Å². The molecule has 3 rings (SSSR count). The van der Waals surface area contributed by atoms with Crippen molar-refractivity contribution in [2.75, 3.05) is 7.11 Å². The quantitative estimate of drug-likeness (QED) is 0.752. The summed E-state index contributed by atoms with van der Waals surface area (Å²) in [6.45, 7) is 0. The lowest BCUT2D eigenvalue weighted by Crippen LogP contribution is -2.02. The summed E-state index contributed by atoms with van der Waals surface area (Å²) < 4.78 is 10.7. The summed E-state index contributed by atoms with van der Waals surface area (Å²) in [6, 6.07) is 11.4. The van der Waals surface area contributed by atoms with Crippen molar-refractivity contribution in [3.05, 3.63) is 52.7 Å². The van der Waals surface area contributed by atoms with Gasteiger partial charge in [-0.15, -0.1) is 0 Å². The van der Waals surface area contributed by atoms with E-state index in [0.717, 1.165) is 6.07 Å². The zero-order valence-electron chi connectivity index (χ0n) is 11.7. The first-order valence-electron chi connectivity index (χ1n) is 6.24. The minimum absolute atomic E-state index is 0. The van der Waals surface area contributed by atoms with Crippen LogP contribution < -0.4 is 10.2 Å². The highest BCUT2D eigenvalue weighted by atomic mass is 16.5. The predicted molar refractivity (Wildman–Crippen MR) is 81.4 cm³/mol. The summed E-state index contributed by atoms with van der Waals surface area (Å²) in [5.41, 5.74) is 0.314. The zero-order chi connectivity index (χ0) is 15.0. The van der Waals surface area contributed by atoms with Gasteiger partial charge in [0.25, 0.3) is 0 Å². The van der Waals surface area contributed by atoms with Crippen LogP contribution in [-0.2, 0) is 0 Å². The Morgan fingerprint density at radius 1 is 1.05 bits per heavy atom. The Balaban J connectivity index is 0.00000176. The van der Waals surface area contributed by atoms with Gasteiger partial charge in [-0.25, -0.2) is 0 Å². The molecule has 0 saturated carbocycles. The Hall–Kier alpha value is -2.99. The summed E-state index contributed by atoms with van der Waals surface area (Å²) in [5.74, 6) is -0.304. The normalized spacial score (nSPS) is 10.2. The van der Waals surface area contributed by atoms with Gasteiger partial charge in [-0.2, -0.15) is 0 Å². The van der Waals surface area contributed by atoms with Gasteiger partial charge in [0, 0.05) is 17.7 Å². The molecule has 0 bridgehead atoms. The highest BCUT2D eigenvalue weighted by Gasteiger charge is 2.18. The summed E-state index contributed by atoms with van der Waals surface area (Å²) >= 11 is 0. The molecule has 0 fully saturated rings. The Labute approximate surface area is 125 Å². The molecule has 4 N–H and O–H groups in total. The molecule has 2 aromatic carbocycles. The van der Waals surface area contributed by atoms with Gasteiger partial charge in [0.15, 0.2) is 16.8 Å². The van der Waals surface area contributed by atoms with Gasteiger partial charge in [0.2, 0.25) is 5.75 Å². The molecular weight excluding hydrogens is 288 g/mol. The number of phenols is 2. The molecule has 0 spiro atoms. The highest BCUT2D eigenvalue weighted by molar-refractivity contribution is 5.91. The standard InChI is InChI=1S/C16H12O5.H2O/c1-20-15-12(19)7-10(17)14-11(18)8-13(21-16(14)15)9-5-3-2-4-6-9;/h2-8,17,19H,1H3;1H2. The minimum atomic E-state index is -0.411. The lowest BCUT2D eigenvalue weighted by molar-refractivity contribution is 0.367. The van der Waals surface area contributed by atoms with Gasteiger partial charge in [0.05, 0.1) is 7.11 Å². The Kier molecular flexibility index (Phi) is 4.05. The van der Waals surface area contributed by atoms with Crippen molar-refractivity contribution in [3.63, 3.8) is 0 Å². The maximum Gasteiger partial charge on any atom is 0.204 e. The van der Waals surface area contributed by atoms with Crippen LogP contribution in [0, 0.1) is 0 Å². The lowest BCUT2D eigenvalue weighted by Gasteiger charge is -2.09. The number of aromatic hydroxyl groups is 2. The molecular formula is C16H14O6. The molecule has 0 saturated heterocycles. The molecule has 0 atom stereocenters. The highest BCUT2D eigenvalue weighted by Crippen LogP contribution is 2.40. The Bertz CT molecular complexity index is 867. The summed E-state index contributed by atoms with van der Waals surface area (Å²) in [6.07, 6.45) is 0. The third kappa shape index (κ3) is 2.36.